The van der Waals surface area contributed by atoms with Crippen molar-refractivity contribution in [1.29, 1.82) is 0 Å². The Hall–Kier alpha value is -0.0800. The van der Waals surface area contributed by atoms with Crippen LogP contribution in [-0.4, -0.2) is 36.6 Å². The molecule has 0 aromatic carbocycles. The Labute approximate surface area is 102 Å². The second kappa shape index (κ2) is 7.29. The van der Waals surface area contributed by atoms with Gasteiger partial charge in [-0.25, -0.2) is 0 Å². The lowest BCUT2D eigenvalue weighted by atomic mass is 9.93. The summed E-state index contributed by atoms with van der Waals surface area (Å²) in [5.41, 5.74) is 0. The van der Waals surface area contributed by atoms with E-state index >= 15 is 0 Å². The highest BCUT2D eigenvalue weighted by molar-refractivity contribution is 4.79. The maximum atomic E-state index is 3.51. The SMILES string of the molecule is CCNC(C)CC(C)N(C)C1CCCCC1. The average Bonchev–Trinajstić information content (AvgIpc) is 2.29. The molecule has 0 aromatic heterocycles. The molecule has 1 fully saturated rings. The molecule has 2 nitrogen and oxygen atoms in total. The second-order valence-corrected chi connectivity index (χ2v) is 5.50. The van der Waals surface area contributed by atoms with Gasteiger partial charge < -0.3 is 10.2 Å². The van der Waals surface area contributed by atoms with E-state index in [4.69, 9.17) is 0 Å². The molecule has 0 aromatic rings. The summed E-state index contributed by atoms with van der Waals surface area (Å²) in [5.74, 6) is 0. The number of hydrogen-bond acceptors (Lipinski definition) is 2. The standard InChI is InChI=1S/C14H30N2/c1-5-15-12(2)11-13(3)16(4)14-9-7-6-8-10-14/h12-15H,5-11H2,1-4H3. The van der Waals surface area contributed by atoms with Gasteiger partial charge in [0.2, 0.25) is 0 Å². The largest absolute Gasteiger partial charge is 0.314 e. The van der Waals surface area contributed by atoms with Gasteiger partial charge in [0, 0.05) is 18.1 Å². The fraction of sp³-hybridized carbons (Fsp3) is 1.00. The normalized spacial score (nSPS) is 22.3. The van der Waals surface area contributed by atoms with Gasteiger partial charge in [-0.1, -0.05) is 26.2 Å². The van der Waals surface area contributed by atoms with Crippen LogP contribution in [0.3, 0.4) is 0 Å². The van der Waals surface area contributed by atoms with E-state index in [0.29, 0.717) is 12.1 Å². The van der Waals surface area contributed by atoms with Crippen molar-refractivity contribution in [2.75, 3.05) is 13.6 Å². The van der Waals surface area contributed by atoms with E-state index in [1.807, 2.05) is 0 Å². The molecule has 16 heavy (non-hydrogen) atoms. The summed E-state index contributed by atoms with van der Waals surface area (Å²) in [4.78, 5) is 2.62. The first-order valence-electron chi connectivity index (χ1n) is 7.10. The first-order chi connectivity index (χ1) is 7.65. The molecule has 0 amide bonds. The Kier molecular flexibility index (Phi) is 6.37. The monoisotopic (exact) mass is 226 g/mol. The molecule has 2 unspecified atom stereocenters. The number of nitrogens with zero attached hydrogens (tertiary/aromatic N) is 1. The van der Waals surface area contributed by atoms with Crippen molar-refractivity contribution < 1.29 is 0 Å². The molecule has 1 N–H and O–H groups in total. The zero-order valence-corrected chi connectivity index (χ0v) is 11.6. The van der Waals surface area contributed by atoms with E-state index in [0.717, 1.165) is 12.6 Å². The minimum atomic E-state index is 0.644. The fourth-order valence-corrected chi connectivity index (χ4v) is 2.96. The van der Waals surface area contributed by atoms with E-state index in [1.165, 1.54) is 38.5 Å². The van der Waals surface area contributed by atoms with Crippen LogP contribution >= 0.6 is 0 Å². The van der Waals surface area contributed by atoms with Gasteiger partial charge in [0.05, 0.1) is 0 Å². The molecular formula is C14H30N2. The van der Waals surface area contributed by atoms with Crippen molar-refractivity contribution in [3.05, 3.63) is 0 Å². The Bertz CT molecular complexity index is 176. The molecule has 0 radical (unpaired) electrons. The predicted molar refractivity (Wildman–Crippen MR) is 71.9 cm³/mol. The molecule has 0 aliphatic heterocycles. The zero-order chi connectivity index (χ0) is 12.0. The van der Waals surface area contributed by atoms with Crippen LogP contribution in [0.4, 0.5) is 0 Å². The summed E-state index contributed by atoms with van der Waals surface area (Å²) < 4.78 is 0. The van der Waals surface area contributed by atoms with Gasteiger partial charge in [-0.2, -0.15) is 0 Å². The van der Waals surface area contributed by atoms with Crippen molar-refractivity contribution >= 4 is 0 Å². The highest BCUT2D eigenvalue weighted by Crippen LogP contribution is 2.23. The molecule has 1 saturated carbocycles. The number of hydrogen-bond donors (Lipinski definition) is 1. The average molecular weight is 226 g/mol. The van der Waals surface area contributed by atoms with Crippen LogP contribution in [0, 0.1) is 0 Å². The van der Waals surface area contributed by atoms with Gasteiger partial charge >= 0.3 is 0 Å². The minimum absolute atomic E-state index is 0.644. The lowest BCUT2D eigenvalue weighted by Gasteiger charge is -2.36. The van der Waals surface area contributed by atoms with Crippen LogP contribution in [0.15, 0.2) is 0 Å². The van der Waals surface area contributed by atoms with Crippen LogP contribution in [0.25, 0.3) is 0 Å². The summed E-state index contributed by atoms with van der Waals surface area (Å²) in [6.45, 7) is 7.95. The maximum absolute atomic E-state index is 3.51. The Morgan fingerprint density at radius 1 is 1.19 bits per heavy atom. The number of nitrogens with one attached hydrogen (secondary N) is 1. The van der Waals surface area contributed by atoms with Crippen LogP contribution in [0.5, 0.6) is 0 Å². The second-order valence-electron chi connectivity index (χ2n) is 5.50. The fourth-order valence-electron chi connectivity index (χ4n) is 2.96. The van der Waals surface area contributed by atoms with Crippen LogP contribution in [0.1, 0.15) is 59.3 Å². The first kappa shape index (κ1) is 14.0. The van der Waals surface area contributed by atoms with E-state index in [2.05, 4.69) is 38.0 Å². The van der Waals surface area contributed by atoms with Gasteiger partial charge in [0.1, 0.15) is 0 Å². The van der Waals surface area contributed by atoms with Crippen molar-refractivity contribution in [3.63, 3.8) is 0 Å². The van der Waals surface area contributed by atoms with Crippen LogP contribution in [-0.2, 0) is 0 Å². The van der Waals surface area contributed by atoms with E-state index in [9.17, 15) is 0 Å². The predicted octanol–water partition coefficient (Wildman–Crippen LogP) is 3.03. The van der Waals surface area contributed by atoms with Gasteiger partial charge in [-0.3, -0.25) is 0 Å². The smallest absolute Gasteiger partial charge is 0.00950 e. The van der Waals surface area contributed by atoms with E-state index in [-0.39, 0.29) is 0 Å². The lowest BCUT2D eigenvalue weighted by molar-refractivity contribution is 0.134. The highest BCUT2D eigenvalue weighted by atomic mass is 15.2. The summed E-state index contributed by atoms with van der Waals surface area (Å²) >= 11 is 0. The van der Waals surface area contributed by atoms with E-state index < -0.39 is 0 Å². The molecule has 2 atom stereocenters. The van der Waals surface area contributed by atoms with Gasteiger partial charge in [-0.05, 0) is 46.7 Å². The highest BCUT2D eigenvalue weighted by Gasteiger charge is 2.22. The van der Waals surface area contributed by atoms with Crippen LogP contribution < -0.4 is 5.32 Å². The third-order valence-corrected chi connectivity index (χ3v) is 4.09. The molecular weight excluding hydrogens is 196 g/mol. The first-order valence-corrected chi connectivity index (χ1v) is 7.10. The molecule has 0 spiro atoms. The molecule has 0 bridgehead atoms. The van der Waals surface area contributed by atoms with Crippen molar-refractivity contribution in [2.45, 2.75) is 77.4 Å². The van der Waals surface area contributed by atoms with Crippen molar-refractivity contribution in [1.82, 2.24) is 10.2 Å². The lowest BCUT2D eigenvalue weighted by Crippen LogP contribution is -2.43. The molecule has 1 aliphatic rings. The third kappa shape index (κ3) is 4.42. The van der Waals surface area contributed by atoms with Gasteiger partial charge in [0.25, 0.3) is 0 Å². The Morgan fingerprint density at radius 2 is 1.81 bits per heavy atom. The summed E-state index contributed by atoms with van der Waals surface area (Å²) in [7, 11) is 2.32. The molecule has 96 valence electrons. The molecule has 0 heterocycles. The van der Waals surface area contributed by atoms with Gasteiger partial charge in [-0.15, -0.1) is 0 Å². The molecule has 2 heteroatoms. The minimum Gasteiger partial charge on any atom is -0.314 e. The Morgan fingerprint density at radius 3 is 2.38 bits per heavy atom. The molecule has 1 aliphatic carbocycles. The zero-order valence-electron chi connectivity index (χ0n) is 11.6. The summed E-state index contributed by atoms with van der Waals surface area (Å²) in [6, 6.07) is 2.20. The third-order valence-electron chi connectivity index (χ3n) is 4.09. The van der Waals surface area contributed by atoms with Crippen molar-refractivity contribution in [2.24, 2.45) is 0 Å². The molecule has 0 saturated heterocycles. The quantitative estimate of drug-likeness (QED) is 0.749. The Balaban J connectivity index is 2.30. The van der Waals surface area contributed by atoms with E-state index in [1.54, 1.807) is 0 Å². The van der Waals surface area contributed by atoms with Crippen molar-refractivity contribution in [3.8, 4) is 0 Å². The maximum Gasteiger partial charge on any atom is 0.00950 e. The van der Waals surface area contributed by atoms with Gasteiger partial charge in [0.15, 0.2) is 0 Å². The summed E-state index contributed by atoms with van der Waals surface area (Å²) in [5, 5.41) is 3.51. The number of rotatable bonds is 6. The molecule has 1 rings (SSSR count). The van der Waals surface area contributed by atoms with Crippen LogP contribution in [0.2, 0.25) is 0 Å². The topological polar surface area (TPSA) is 15.3 Å². The summed E-state index contributed by atoms with van der Waals surface area (Å²) in [6.07, 6.45) is 8.41.